The third-order valence-corrected chi connectivity index (χ3v) is 2.36. The minimum absolute atomic E-state index is 0.246. The molecule has 0 saturated heterocycles. The second-order valence-corrected chi connectivity index (χ2v) is 3.74. The van der Waals surface area contributed by atoms with Crippen LogP contribution in [-0.4, -0.2) is 21.3 Å². The van der Waals surface area contributed by atoms with Crippen LogP contribution >= 0.6 is 0 Å². The van der Waals surface area contributed by atoms with E-state index in [-0.39, 0.29) is 5.57 Å². The topological polar surface area (TPSA) is 79.1 Å². The SMILES string of the molecule is C/C(=C\c1cn[nH]c1-c1ccc(C)o1)C(=O)O. The fourth-order valence-electron chi connectivity index (χ4n) is 1.47. The maximum absolute atomic E-state index is 10.8. The Balaban J connectivity index is 2.42. The number of carboxylic acids is 1. The van der Waals surface area contributed by atoms with Gasteiger partial charge < -0.3 is 9.52 Å². The second kappa shape index (κ2) is 4.29. The van der Waals surface area contributed by atoms with E-state index < -0.39 is 5.97 Å². The van der Waals surface area contributed by atoms with E-state index in [9.17, 15) is 4.79 Å². The predicted octanol–water partition coefficient (Wildman–Crippen LogP) is 2.47. The molecule has 2 N–H and O–H groups in total. The minimum atomic E-state index is -0.951. The van der Waals surface area contributed by atoms with E-state index in [0.29, 0.717) is 17.0 Å². The fourth-order valence-corrected chi connectivity index (χ4v) is 1.47. The highest BCUT2D eigenvalue weighted by atomic mass is 16.4. The van der Waals surface area contributed by atoms with Crippen molar-refractivity contribution in [2.75, 3.05) is 0 Å². The van der Waals surface area contributed by atoms with Gasteiger partial charge in [0.15, 0.2) is 5.76 Å². The van der Waals surface area contributed by atoms with Gasteiger partial charge in [0.2, 0.25) is 0 Å². The van der Waals surface area contributed by atoms with Crippen molar-refractivity contribution in [3.8, 4) is 11.5 Å². The standard InChI is InChI=1S/C12H12N2O3/c1-7(12(15)16)5-9-6-13-14-11(9)10-4-3-8(2)17-10/h3-6H,1-2H3,(H,13,14)(H,15,16)/b7-5+. The number of hydrogen-bond donors (Lipinski definition) is 2. The summed E-state index contributed by atoms with van der Waals surface area (Å²) in [6.07, 6.45) is 3.12. The molecule has 0 aromatic carbocycles. The summed E-state index contributed by atoms with van der Waals surface area (Å²) in [5, 5.41) is 15.5. The second-order valence-electron chi connectivity index (χ2n) is 3.74. The van der Waals surface area contributed by atoms with Crippen LogP contribution in [0, 0.1) is 6.92 Å². The fraction of sp³-hybridized carbons (Fsp3) is 0.167. The molecule has 5 nitrogen and oxygen atoms in total. The van der Waals surface area contributed by atoms with Gasteiger partial charge in [-0.25, -0.2) is 4.79 Å². The smallest absolute Gasteiger partial charge is 0.331 e. The Kier molecular flexibility index (Phi) is 2.82. The average Bonchev–Trinajstić information content (AvgIpc) is 2.86. The predicted molar refractivity (Wildman–Crippen MR) is 62.3 cm³/mol. The molecule has 0 radical (unpaired) electrons. The molecular weight excluding hydrogens is 220 g/mol. The molecule has 5 heteroatoms. The maximum atomic E-state index is 10.8. The zero-order valence-corrected chi connectivity index (χ0v) is 9.52. The third kappa shape index (κ3) is 2.28. The number of nitrogens with one attached hydrogen (secondary N) is 1. The summed E-state index contributed by atoms with van der Waals surface area (Å²) in [6.45, 7) is 3.38. The van der Waals surface area contributed by atoms with Gasteiger partial charge >= 0.3 is 5.97 Å². The van der Waals surface area contributed by atoms with Crippen molar-refractivity contribution in [2.24, 2.45) is 0 Å². The van der Waals surface area contributed by atoms with Crippen LogP contribution < -0.4 is 0 Å². The highest BCUT2D eigenvalue weighted by molar-refractivity contribution is 5.92. The van der Waals surface area contributed by atoms with Crippen molar-refractivity contribution >= 4 is 12.0 Å². The van der Waals surface area contributed by atoms with Crippen LogP contribution in [0.4, 0.5) is 0 Å². The van der Waals surface area contributed by atoms with Gasteiger partial charge in [0, 0.05) is 11.1 Å². The summed E-state index contributed by atoms with van der Waals surface area (Å²) in [7, 11) is 0. The molecule has 0 saturated carbocycles. The van der Waals surface area contributed by atoms with Crippen molar-refractivity contribution in [1.29, 1.82) is 0 Å². The number of aromatic nitrogens is 2. The normalized spacial score (nSPS) is 11.8. The Morgan fingerprint density at radius 1 is 1.53 bits per heavy atom. The van der Waals surface area contributed by atoms with Crippen LogP contribution in [0.1, 0.15) is 18.2 Å². The van der Waals surface area contributed by atoms with Gasteiger partial charge in [0.1, 0.15) is 11.5 Å². The molecule has 2 rings (SSSR count). The summed E-state index contributed by atoms with van der Waals surface area (Å²) < 4.78 is 5.46. The quantitative estimate of drug-likeness (QED) is 0.797. The average molecular weight is 232 g/mol. The lowest BCUT2D eigenvalue weighted by molar-refractivity contribution is -0.132. The van der Waals surface area contributed by atoms with Crippen molar-refractivity contribution in [1.82, 2.24) is 10.2 Å². The van der Waals surface area contributed by atoms with Crippen LogP contribution in [0.15, 0.2) is 28.3 Å². The van der Waals surface area contributed by atoms with E-state index in [1.54, 1.807) is 12.3 Å². The van der Waals surface area contributed by atoms with E-state index >= 15 is 0 Å². The molecule has 2 heterocycles. The molecule has 0 bridgehead atoms. The van der Waals surface area contributed by atoms with Crippen molar-refractivity contribution in [2.45, 2.75) is 13.8 Å². The molecule has 0 aliphatic rings. The van der Waals surface area contributed by atoms with Gasteiger partial charge in [-0.2, -0.15) is 5.10 Å². The number of nitrogens with zero attached hydrogens (tertiary/aromatic N) is 1. The van der Waals surface area contributed by atoms with E-state index in [1.807, 2.05) is 19.1 Å². The number of aliphatic carboxylic acids is 1. The van der Waals surface area contributed by atoms with E-state index in [2.05, 4.69) is 10.2 Å². The van der Waals surface area contributed by atoms with Gasteiger partial charge in [0.05, 0.1) is 6.20 Å². The molecule has 0 aliphatic carbocycles. The first kappa shape index (κ1) is 11.2. The minimum Gasteiger partial charge on any atom is -0.478 e. The maximum Gasteiger partial charge on any atom is 0.331 e. The molecule has 88 valence electrons. The molecule has 2 aromatic rings. The molecule has 0 unspecified atom stereocenters. The lowest BCUT2D eigenvalue weighted by atomic mass is 10.1. The Labute approximate surface area is 97.8 Å². The number of carbonyl (C=O) groups is 1. The number of rotatable bonds is 3. The Morgan fingerprint density at radius 2 is 2.29 bits per heavy atom. The molecular formula is C12H12N2O3. The molecule has 2 aromatic heterocycles. The zero-order valence-electron chi connectivity index (χ0n) is 9.52. The number of aryl methyl sites for hydroxylation is 1. The van der Waals surface area contributed by atoms with Gasteiger partial charge in [0.25, 0.3) is 0 Å². The summed E-state index contributed by atoms with van der Waals surface area (Å²) >= 11 is 0. The Hall–Kier alpha value is -2.30. The van der Waals surface area contributed by atoms with Gasteiger partial charge in [-0.05, 0) is 32.1 Å². The van der Waals surface area contributed by atoms with Crippen LogP contribution in [0.3, 0.4) is 0 Å². The molecule has 17 heavy (non-hydrogen) atoms. The van der Waals surface area contributed by atoms with Crippen molar-refractivity contribution in [3.05, 3.63) is 35.2 Å². The molecule has 0 atom stereocenters. The van der Waals surface area contributed by atoms with Crippen molar-refractivity contribution in [3.63, 3.8) is 0 Å². The molecule has 0 spiro atoms. The number of hydrogen-bond acceptors (Lipinski definition) is 3. The van der Waals surface area contributed by atoms with Crippen LogP contribution in [0.5, 0.6) is 0 Å². The van der Waals surface area contributed by atoms with Gasteiger partial charge in [-0.3, -0.25) is 5.10 Å². The van der Waals surface area contributed by atoms with Crippen LogP contribution in [0.2, 0.25) is 0 Å². The number of furan rings is 1. The first-order valence-electron chi connectivity index (χ1n) is 5.09. The lowest BCUT2D eigenvalue weighted by Crippen LogP contribution is -1.95. The molecule has 0 amide bonds. The Bertz CT molecular complexity index is 578. The van der Waals surface area contributed by atoms with E-state index in [4.69, 9.17) is 9.52 Å². The summed E-state index contributed by atoms with van der Waals surface area (Å²) in [5.41, 5.74) is 1.62. The Morgan fingerprint density at radius 3 is 2.88 bits per heavy atom. The highest BCUT2D eigenvalue weighted by Crippen LogP contribution is 2.24. The van der Waals surface area contributed by atoms with Crippen molar-refractivity contribution < 1.29 is 14.3 Å². The number of H-pyrrole nitrogens is 1. The molecule has 0 fully saturated rings. The van der Waals surface area contributed by atoms with Gasteiger partial charge in [-0.1, -0.05) is 0 Å². The first-order valence-corrected chi connectivity index (χ1v) is 5.09. The third-order valence-electron chi connectivity index (χ3n) is 2.36. The van der Waals surface area contributed by atoms with Crippen LogP contribution in [0.25, 0.3) is 17.5 Å². The monoisotopic (exact) mass is 232 g/mol. The number of carboxylic acid groups (broad SMARTS) is 1. The largest absolute Gasteiger partial charge is 0.478 e. The van der Waals surface area contributed by atoms with Gasteiger partial charge in [-0.15, -0.1) is 0 Å². The van der Waals surface area contributed by atoms with Crippen LogP contribution in [-0.2, 0) is 4.79 Å². The molecule has 0 aliphatic heterocycles. The summed E-state index contributed by atoms with van der Waals surface area (Å²) in [4.78, 5) is 10.8. The zero-order chi connectivity index (χ0) is 12.4. The summed E-state index contributed by atoms with van der Waals surface area (Å²) in [6, 6.07) is 3.66. The number of aromatic amines is 1. The summed E-state index contributed by atoms with van der Waals surface area (Å²) in [5.74, 6) is 0.483. The first-order chi connectivity index (χ1) is 8.08. The highest BCUT2D eigenvalue weighted by Gasteiger charge is 2.10. The van der Waals surface area contributed by atoms with E-state index in [0.717, 1.165) is 5.76 Å². The van der Waals surface area contributed by atoms with E-state index in [1.165, 1.54) is 6.92 Å². The lowest BCUT2D eigenvalue weighted by Gasteiger charge is -1.96.